The van der Waals surface area contributed by atoms with Gasteiger partial charge in [-0.1, -0.05) is 91.0 Å². The van der Waals surface area contributed by atoms with E-state index < -0.39 is 123 Å². The molecule has 6 N–H and O–H groups in total. The van der Waals surface area contributed by atoms with E-state index in [0.717, 1.165) is 27.8 Å². The standard InChI is InChI=1S/C31H33F3N2O6S.C30H31F3N2O6S.C25H23F3N2O4S/c1-18-21-13-14-36(28(38)23(16-26(37)40-5)35-29(39)42-30(2,3)4)24(21)11-12-25(18)41-17-20-15-22(19-9-7-6-8-10-19)27(43-20)31(32,33)34;1-17-20-12-13-35(27(38)22(15-25(36)37)34-28(39)41-29(2,3)4)23(20)10-11-24(17)40-16-19-14-21(18-8-6-5-7-9-18)26(42-19)30(31,32)33;1-14-17-9-10-30(24(33)19(29)12-22(31)32)20(17)7-8-21(14)34-13-16-11-18(15-5-3-2-4-6-15)23(35-16)25(26,27)28/h6-12,15,23H,13-14,16-17H2,1-5H3,(H,35,39);5-11,14,22H,12-13,15-16H2,1-4H3,(H,34,39)(H,36,37);2-8,11,19H,9-10,12-13,29H2,1H3,(H,31,32)/t23-;22-;19-/m111/s1. The number of rotatable bonds is 23. The number of thiophene rings is 3. The van der Waals surface area contributed by atoms with Crippen LogP contribution in [0.2, 0.25) is 0 Å². The summed E-state index contributed by atoms with van der Waals surface area (Å²) in [4.78, 5) is 102. The van der Waals surface area contributed by atoms with Crippen LogP contribution in [-0.2, 0) is 101 Å². The number of alkyl halides is 9. The first-order valence-corrected chi connectivity index (χ1v) is 40.0. The third-order valence-corrected chi connectivity index (χ3v) is 22.6. The molecule has 0 radical (unpaired) electrons. The third kappa shape index (κ3) is 22.9. The Labute approximate surface area is 696 Å². The number of alkyl carbamates (subject to hydrolysis) is 2. The molecule has 3 aromatic heterocycles. The zero-order valence-corrected chi connectivity index (χ0v) is 69.2. The van der Waals surface area contributed by atoms with Crippen LogP contribution in [0.5, 0.6) is 17.2 Å². The van der Waals surface area contributed by atoms with E-state index in [2.05, 4.69) is 10.6 Å². The van der Waals surface area contributed by atoms with Gasteiger partial charge in [0, 0.05) is 68.0 Å². The largest absolute Gasteiger partial charge is 0.488 e. The van der Waals surface area contributed by atoms with Crippen molar-refractivity contribution in [2.24, 2.45) is 5.73 Å². The predicted octanol–water partition coefficient (Wildman–Crippen LogP) is 18.3. The van der Waals surface area contributed by atoms with Crippen molar-refractivity contribution >= 4 is 98.9 Å². The zero-order chi connectivity index (χ0) is 87.7. The maximum Gasteiger partial charge on any atom is 0.426 e. The number of ether oxygens (including phenoxy) is 6. The van der Waals surface area contributed by atoms with Crippen molar-refractivity contribution in [3.05, 3.63) is 208 Å². The number of hydrogen-bond acceptors (Lipinski definition) is 18. The minimum atomic E-state index is -4.51. The van der Waals surface area contributed by atoms with Crippen molar-refractivity contribution in [3.63, 3.8) is 0 Å². The lowest BCUT2D eigenvalue weighted by molar-refractivity contribution is -0.143. The molecule has 6 aromatic carbocycles. The summed E-state index contributed by atoms with van der Waals surface area (Å²) in [7, 11) is 1.19. The number of anilines is 3. The molecule has 5 amide bonds. The number of benzene rings is 6. The number of nitrogens with two attached hydrogens (primary N) is 1. The molecule has 0 spiro atoms. The number of carbonyl (C=O) groups is 8. The molecule has 0 saturated carbocycles. The van der Waals surface area contributed by atoms with Gasteiger partial charge >= 0.3 is 48.6 Å². The van der Waals surface area contributed by atoms with Gasteiger partial charge in [0.1, 0.15) is 75.0 Å². The molecule has 6 heterocycles. The number of methoxy groups -OCH3 is 1. The summed E-state index contributed by atoms with van der Waals surface area (Å²) >= 11 is 1.94. The van der Waals surface area contributed by atoms with Crippen LogP contribution < -0.4 is 45.3 Å². The minimum Gasteiger partial charge on any atom is -0.488 e. The van der Waals surface area contributed by atoms with Gasteiger partial charge in [0.05, 0.1) is 32.4 Å². The SMILES string of the molecule is COC(=O)C[C@@H](NC(=O)OC(C)(C)C)C(=O)N1CCc2c1ccc(OCc1cc(-c3ccccc3)c(C(F)(F)F)s1)c2C.Cc1c(OCc2cc(-c3ccccc3)c(C(F)(F)F)s2)ccc2c1CCN2C(=O)[C@@H](CC(=O)O)NC(=O)OC(C)(C)C.Cc1c(OCc2cc(-c3ccccc3)c(C(F)(F)F)s2)ccc2c1CCN2C(=O)[C@H](N)CC(=O)O. The van der Waals surface area contributed by atoms with Crippen LogP contribution in [0.25, 0.3) is 33.4 Å². The number of nitrogens with one attached hydrogen (secondary N) is 2. The molecule has 3 aliphatic heterocycles. The van der Waals surface area contributed by atoms with Gasteiger partial charge in [-0.15, -0.1) is 34.0 Å². The van der Waals surface area contributed by atoms with Gasteiger partial charge in [0.15, 0.2) is 0 Å². The van der Waals surface area contributed by atoms with E-state index in [1.165, 1.54) is 40.0 Å². The fourth-order valence-electron chi connectivity index (χ4n) is 13.7. The minimum absolute atomic E-state index is 0.0354. The van der Waals surface area contributed by atoms with E-state index in [0.29, 0.717) is 138 Å². The molecule has 9 aromatic rings. The summed E-state index contributed by atoms with van der Waals surface area (Å²) in [5.41, 5.74) is 12.4. The van der Waals surface area contributed by atoms with E-state index in [4.69, 9.17) is 39.3 Å². The fraction of sp³-hybridized carbons (Fsp3) is 0.349. The van der Waals surface area contributed by atoms with E-state index in [1.54, 1.807) is 176 Å². The molecule has 0 saturated heterocycles. The van der Waals surface area contributed by atoms with Crippen molar-refractivity contribution in [1.82, 2.24) is 10.6 Å². The quantitative estimate of drug-likeness (QED) is 0.0226. The first-order valence-electron chi connectivity index (χ1n) is 37.6. The second-order valence-corrected chi connectivity index (χ2v) is 33.5. The third-order valence-electron chi connectivity index (χ3n) is 19.2. The van der Waals surface area contributed by atoms with Crippen molar-refractivity contribution in [2.45, 2.75) is 169 Å². The highest BCUT2D eigenvalue weighted by atomic mass is 32.1. The molecule has 34 heteroatoms. The van der Waals surface area contributed by atoms with Crippen molar-refractivity contribution in [2.75, 3.05) is 41.4 Å². The highest BCUT2D eigenvalue weighted by Crippen LogP contribution is 2.48. The van der Waals surface area contributed by atoms with Gasteiger partial charge < -0.3 is 69.7 Å². The maximum absolute atomic E-state index is 13.8. The van der Waals surface area contributed by atoms with Crippen LogP contribution in [0, 0.1) is 20.8 Å². The average molecular weight is 1730 g/mol. The summed E-state index contributed by atoms with van der Waals surface area (Å²) in [5, 5.41) is 23.1. The first-order chi connectivity index (χ1) is 56.4. The van der Waals surface area contributed by atoms with Crippen LogP contribution in [0.15, 0.2) is 146 Å². The Balaban J connectivity index is 0.000000190. The molecule has 22 nitrogen and oxygen atoms in total. The van der Waals surface area contributed by atoms with E-state index in [-0.39, 0.29) is 49.5 Å². The van der Waals surface area contributed by atoms with Crippen molar-refractivity contribution in [3.8, 4) is 50.6 Å². The lowest BCUT2D eigenvalue weighted by Crippen LogP contribution is -2.50. The van der Waals surface area contributed by atoms with Crippen LogP contribution in [0.1, 0.15) is 123 Å². The molecule has 0 bridgehead atoms. The first kappa shape index (κ1) is 90.8. The monoisotopic (exact) mass is 1730 g/mol. The van der Waals surface area contributed by atoms with Gasteiger partial charge in [-0.25, -0.2) is 9.59 Å². The highest BCUT2D eigenvalue weighted by molar-refractivity contribution is 7.13. The number of amides is 5. The van der Waals surface area contributed by atoms with E-state index in [9.17, 15) is 83.0 Å². The topological polar surface area (TPSA) is 292 Å². The number of nitrogens with zero attached hydrogens (tertiary/aromatic N) is 3. The number of carboxylic acids is 2. The number of esters is 1. The lowest BCUT2D eigenvalue weighted by Gasteiger charge is -2.26. The number of carbonyl (C=O) groups excluding carboxylic acids is 6. The second-order valence-electron chi connectivity index (χ2n) is 30.1. The Bertz CT molecular complexity index is 5250. The van der Waals surface area contributed by atoms with Gasteiger partial charge in [-0.3, -0.25) is 28.8 Å². The Morgan fingerprint density at radius 2 is 0.725 bits per heavy atom. The Morgan fingerprint density at radius 1 is 0.433 bits per heavy atom. The van der Waals surface area contributed by atoms with Crippen LogP contribution in [-0.4, -0.2) is 114 Å². The second kappa shape index (κ2) is 37.8. The number of fused-ring (bicyclic) bond motifs is 3. The smallest absolute Gasteiger partial charge is 0.426 e. The molecular weight excluding hydrogens is 1640 g/mol. The molecule has 0 unspecified atom stereocenters. The highest BCUT2D eigenvalue weighted by Gasteiger charge is 2.42. The van der Waals surface area contributed by atoms with E-state index >= 15 is 0 Å². The van der Waals surface area contributed by atoms with E-state index in [1.807, 2.05) is 13.8 Å². The Hall–Kier alpha value is -11.5. The normalized spacial score (nSPS) is 13.8. The number of carboxylic acid groups (broad SMARTS) is 2. The number of hydrogen-bond donors (Lipinski definition) is 5. The fourth-order valence-corrected chi connectivity index (χ4v) is 16.6. The number of aliphatic carboxylic acids is 2. The molecule has 12 rings (SSSR count). The van der Waals surface area contributed by atoms with Gasteiger partial charge in [-0.05, 0) is 186 Å². The summed E-state index contributed by atoms with van der Waals surface area (Å²) in [6, 6.07) is 36.0. The summed E-state index contributed by atoms with van der Waals surface area (Å²) in [6.07, 6.45) is -15.2. The maximum atomic E-state index is 13.8. The summed E-state index contributed by atoms with van der Waals surface area (Å²) in [6.45, 7) is 16.2. The summed E-state index contributed by atoms with van der Waals surface area (Å²) in [5.74, 6) is -3.20. The molecule has 0 fully saturated rings. The average Bonchev–Trinajstić information content (AvgIpc) is 1.58. The molecular formula is C86H87F9N6O16S3. The summed E-state index contributed by atoms with van der Waals surface area (Å²) < 4.78 is 157. The molecule has 120 heavy (non-hydrogen) atoms. The Kier molecular flexibility index (Phi) is 28.6. The van der Waals surface area contributed by atoms with Crippen LogP contribution in [0.4, 0.5) is 66.2 Å². The van der Waals surface area contributed by atoms with Gasteiger partial charge in [0.2, 0.25) is 17.7 Å². The Morgan fingerprint density at radius 3 is 1.00 bits per heavy atom. The molecule has 3 aliphatic rings. The number of halogens is 9. The van der Waals surface area contributed by atoms with Gasteiger partial charge in [0.25, 0.3) is 0 Å². The zero-order valence-electron chi connectivity index (χ0n) is 66.7. The molecule has 0 aliphatic carbocycles. The van der Waals surface area contributed by atoms with Crippen molar-refractivity contribution in [1.29, 1.82) is 0 Å². The molecule has 638 valence electrons. The lowest BCUT2D eigenvalue weighted by atomic mass is 10.0. The van der Waals surface area contributed by atoms with Gasteiger partial charge in [-0.2, -0.15) is 39.5 Å². The predicted molar refractivity (Wildman–Crippen MR) is 434 cm³/mol. The van der Waals surface area contributed by atoms with Crippen molar-refractivity contribution < 1.29 is 117 Å². The van der Waals surface area contributed by atoms with Crippen LogP contribution in [0.3, 0.4) is 0 Å². The van der Waals surface area contributed by atoms with Crippen LogP contribution >= 0.6 is 34.0 Å². The molecule has 3 atom stereocenters.